The molecular formula is C15H16Br2ClNS. The molecule has 1 N–H and O–H groups in total. The van der Waals surface area contributed by atoms with Gasteiger partial charge in [-0.1, -0.05) is 30.7 Å². The Labute approximate surface area is 146 Å². The van der Waals surface area contributed by atoms with Gasteiger partial charge < -0.3 is 5.32 Å². The summed E-state index contributed by atoms with van der Waals surface area (Å²) in [5.74, 6) is 0. The maximum atomic E-state index is 5.95. The molecule has 0 aliphatic rings. The van der Waals surface area contributed by atoms with E-state index in [-0.39, 0.29) is 0 Å². The number of halogens is 3. The molecule has 1 aromatic heterocycles. The summed E-state index contributed by atoms with van der Waals surface area (Å²) in [4.78, 5) is 0. The fourth-order valence-corrected chi connectivity index (χ4v) is 5.16. The molecule has 2 aromatic rings. The first kappa shape index (κ1) is 16.5. The summed E-state index contributed by atoms with van der Waals surface area (Å²) >= 11 is 14.9. The first-order valence-corrected chi connectivity index (χ1v) is 9.30. The van der Waals surface area contributed by atoms with E-state index in [1.54, 1.807) is 11.3 Å². The van der Waals surface area contributed by atoms with Gasteiger partial charge in [0.05, 0.1) is 7.57 Å². The minimum Gasteiger partial charge on any atom is -0.310 e. The average Bonchev–Trinajstić information content (AvgIpc) is 2.76. The highest BCUT2D eigenvalue weighted by Gasteiger charge is 2.17. The maximum absolute atomic E-state index is 5.95. The van der Waals surface area contributed by atoms with E-state index in [1.807, 2.05) is 12.1 Å². The smallest absolute Gasteiger partial charge is 0.0758 e. The molecule has 1 nitrogen and oxygen atoms in total. The predicted octanol–water partition coefficient (Wildman–Crippen LogP) is 6.21. The van der Waals surface area contributed by atoms with Gasteiger partial charge in [-0.15, -0.1) is 11.3 Å². The van der Waals surface area contributed by atoms with Gasteiger partial charge in [0.15, 0.2) is 0 Å². The zero-order valence-electron chi connectivity index (χ0n) is 11.1. The Bertz CT molecular complexity index is 554. The minimum absolute atomic E-state index is 0.313. The van der Waals surface area contributed by atoms with Crippen LogP contribution in [0.25, 0.3) is 0 Å². The van der Waals surface area contributed by atoms with Gasteiger partial charge in [-0.3, -0.25) is 0 Å². The first-order chi connectivity index (χ1) is 9.60. The van der Waals surface area contributed by atoms with Crippen molar-refractivity contribution in [3.05, 3.63) is 54.1 Å². The molecule has 20 heavy (non-hydrogen) atoms. The summed E-state index contributed by atoms with van der Waals surface area (Å²) in [5.41, 5.74) is 2.60. The van der Waals surface area contributed by atoms with Gasteiger partial charge in [-0.2, -0.15) is 0 Å². The Morgan fingerprint density at radius 3 is 2.50 bits per heavy atom. The van der Waals surface area contributed by atoms with E-state index in [0.29, 0.717) is 6.04 Å². The highest BCUT2D eigenvalue weighted by Crippen LogP contribution is 2.36. The summed E-state index contributed by atoms with van der Waals surface area (Å²) in [5, 5.41) is 4.41. The van der Waals surface area contributed by atoms with Crippen LogP contribution >= 0.6 is 54.8 Å². The summed E-state index contributed by atoms with van der Waals surface area (Å²) in [7, 11) is 0. The molecule has 0 radical (unpaired) electrons. The van der Waals surface area contributed by atoms with Crippen LogP contribution in [0.3, 0.4) is 0 Å². The standard InChI is InChI=1S/C15H16Br2ClNS/c1-2-7-19-13(12-9-14(16)20-15(12)17)8-10-3-5-11(18)6-4-10/h3-6,9,13,19H,2,7-8H2,1H3. The van der Waals surface area contributed by atoms with Crippen molar-refractivity contribution >= 4 is 54.8 Å². The van der Waals surface area contributed by atoms with E-state index in [2.05, 4.69) is 62.3 Å². The molecule has 5 heteroatoms. The third-order valence-electron chi connectivity index (χ3n) is 3.05. The first-order valence-electron chi connectivity index (χ1n) is 6.52. The van der Waals surface area contributed by atoms with Crippen LogP contribution in [-0.2, 0) is 6.42 Å². The summed E-state index contributed by atoms with van der Waals surface area (Å²) < 4.78 is 2.34. The average molecular weight is 438 g/mol. The van der Waals surface area contributed by atoms with Gasteiger partial charge in [0.1, 0.15) is 0 Å². The Morgan fingerprint density at radius 1 is 1.25 bits per heavy atom. The lowest BCUT2D eigenvalue weighted by Crippen LogP contribution is -2.24. The Hall–Kier alpha value is 0.130. The number of hydrogen-bond donors (Lipinski definition) is 1. The SMILES string of the molecule is CCCNC(Cc1ccc(Cl)cc1)c1cc(Br)sc1Br. The second kappa shape index (κ2) is 7.95. The molecule has 2 rings (SSSR count). The molecule has 0 aliphatic carbocycles. The lowest BCUT2D eigenvalue weighted by molar-refractivity contribution is 0.529. The van der Waals surface area contributed by atoms with Crippen molar-refractivity contribution in [2.24, 2.45) is 0 Å². The Balaban J connectivity index is 2.19. The number of hydrogen-bond acceptors (Lipinski definition) is 2. The third-order valence-corrected chi connectivity index (χ3v) is 5.69. The van der Waals surface area contributed by atoms with Crippen LogP contribution in [0.2, 0.25) is 5.02 Å². The van der Waals surface area contributed by atoms with Gasteiger partial charge in [0.25, 0.3) is 0 Å². The molecule has 0 saturated carbocycles. The number of nitrogens with one attached hydrogen (secondary N) is 1. The van der Waals surface area contributed by atoms with Crippen molar-refractivity contribution in [1.29, 1.82) is 0 Å². The molecule has 0 aliphatic heterocycles. The molecule has 1 atom stereocenters. The van der Waals surface area contributed by atoms with Crippen LogP contribution in [0.5, 0.6) is 0 Å². The highest BCUT2D eigenvalue weighted by atomic mass is 79.9. The van der Waals surface area contributed by atoms with Crippen molar-refractivity contribution in [1.82, 2.24) is 5.32 Å². The summed E-state index contributed by atoms with van der Waals surface area (Å²) in [6, 6.07) is 10.6. The summed E-state index contributed by atoms with van der Waals surface area (Å²) in [6.07, 6.45) is 2.08. The van der Waals surface area contributed by atoms with Crippen LogP contribution in [0.4, 0.5) is 0 Å². The van der Waals surface area contributed by atoms with E-state index in [9.17, 15) is 0 Å². The van der Waals surface area contributed by atoms with Gasteiger partial charge >= 0.3 is 0 Å². The van der Waals surface area contributed by atoms with E-state index in [4.69, 9.17) is 11.6 Å². The molecular weight excluding hydrogens is 421 g/mol. The van der Waals surface area contributed by atoms with E-state index < -0.39 is 0 Å². The van der Waals surface area contributed by atoms with Crippen molar-refractivity contribution in [3.63, 3.8) is 0 Å². The largest absolute Gasteiger partial charge is 0.310 e. The molecule has 1 unspecified atom stereocenters. The number of thiophene rings is 1. The topological polar surface area (TPSA) is 12.0 Å². The molecule has 0 spiro atoms. The zero-order valence-corrected chi connectivity index (χ0v) is 15.9. The van der Waals surface area contributed by atoms with Crippen molar-refractivity contribution in [3.8, 4) is 0 Å². The maximum Gasteiger partial charge on any atom is 0.0758 e. The summed E-state index contributed by atoms with van der Waals surface area (Å²) in [6.45, 7) is 3.20. The molecule has 0 bridgehead atoms. The quantitative estimate of drug-likeness (QED) is 0.566. The van der Waals surface area contributed by atoms with Gasteiger partial charge in [0.2, 0.25) is 0 Å². The van der Waals surface area contributed by atoms with Crippen LogP contribution in [-0.4, -0.2) is 6.54 Å². The van der Waals surface area contributed by atoms with Crippen LogP contribution < -0.4 is 5.32 Å². The number of rotatable bonds is 6. The van der Waals surface area contributed by atoms with E-state index >= 15 is 0 Å². The third kappa shape index (κ3) is 4.57. The lowest BCUT2D eigenvalue weighted by Gasteiger charge is -2.18. The number of benzene rings is 1. The monoisotopic (exact) mass is 435 g/mol. The normalized spacial score (nSPS) is 12.6. The highest BCUT2D eigenvalue weighted by molar-refractivity contribution is 9.12. The molecule has 0 amide bonds. The van der Waals surface area contributed by atoms with E-state index in [0.717, 1.165) is 28.2 Å². The fourth-order valence-electron chi connectivity index (χ4n) is 2.06. The second-order valence-electron chi connectivity index (χ2n) is 4.62. The molecule has 1 heterocycles. The van der Waals surface area contributed by atoms with Crippen molar-refractivity contribution in [2.45, 2.75) is 25.8 Å². The molecule has 0 fully saturated rings. The fraction of sp³-hybridized carbons (Fsp3) is 0.333. The Kier molecular flexibility index (Phi) is 6.56. The second-order valence-corrected chi connectivity index (χ2v) is 8.80. The minimum atomic E-state index is 0.313. The van der Waals surface area contributed by atoms with E-state index in [1.165, 1.54) is 14.9 Å². The van der Waals surface area contributed by atoms with Crippen LogP contribution in [0.15, 0.2) is 37.9 Å². The van der Waals surface area contributed by atoms with Crippen LogP contribution in [0.1, 0.15) is 30.5 Å². The van der Waals surface area contributed by atoms with Gasteiger partial charge in [-0.05, 0) is 80.6 Å². The van der Waals surface area contributed by atoms with Crippen molar-refractivity contribution < 1.29 is 0 Å². The van der Waals surface area contributed by atoms with Gasteiger partial charge in [0, 0.05) is 11.1 Å². The molecule has 1 aromatic carbocycles. The molecule has 108 valence electrons. The van der Waals surface area contributed by atoms with Crippen molar-refractivity contribution in [2.75, 3.05) is 6.54 Å². The predicted molar refractivity (Wildman–Crippen MR) is 95.9 cm³/mol. The molecule has 0 saturated heterocycles. The van der Waals surface area contributed by atoms with Gasteiger partial charge in [-0.25, -0.2) is 0 Å². The Morgan fingerprint density at radius 2 is 1.95 bits per heavy atom. The zero-order chi connectivity index (χ0) is 14.5. The van der Waals surface area contributed by atoms with Crippen LogP contribution in [0, 0.1) is 0 Å². The lowest BCUT2D eigenvalue weighted by atomic mass is 10.0.